The van der Waals surface area contributed by atoms with Crippen LogP contribution in [-0.2, 0) is 11.2 Å². The van der Waals surface area contributed by atoms with Crippen molar-refractivity contribution in [2.75, 3.05) is 17.7 Å². The van der Waals surface area contributed by atoms with E-state index in [0.29, 0.717) is 5.69 Å². The molecule has 3 heteroatoms. The van der Waals surface area contributed by atoms with Crippen LogP contribution >= 0.6 is 0 Å². The molecule has 0 heterocycles. The highest BCUT2D eigenvalue weighted by atomic mass is 16.2. The zero-order chi connectivity index (χ0) is 15.2. The average molecular weight is 280 g/mol. The molecule has 21 heavy (non-hydrogen) atoms. The molecule has 0 atom stereocenters. The molecule has 0 fully saturated rings. The van der Waals surface area contributed by atoms with Gasteiger partial charge < -0.3 is 10.6 Å². The van der Waals surface area contributed by atoms with E-state index >= 15 is 0 Å². The van der Waals surface area contributed by atoms with Crippen molar-refractivity contribution in [3.8, 4) is 0 Å². The zero-order valence-corrected chi connectivity index (χ0v) is 12.4. The fourth-order valence-electron chi connectivity index (χ4n) is 1.97. The predicted octanol–water partition coefficient (Wildman–Crippen LogP) is 3.51. The van der Waals surface area contributed by atoms with Crippen LogP contribution in [0.25, 0.3) is 6.08 Å². The van der Waals surface area contributed by atoms with Crippen LogP contribution in [-0.4, -0.2) is 13.0 Å². The van der Waals surface area contributed by atoms with Crippen LogP contribution in [0, 0.1) is 0 Å². The Bertz CT molecular complexity index is 627. The molecule has 0 saturated carbocycles. The monoisotopic (exact) mass is 280 g/mol. The summed E-state index contributed by atoms with van der Waals surface area (Å²) in [7, 11) is 1.77. The van der Waals surface area contributed by atoms with Gasteiger partial charge in [-0.2, -0.15) is 0 Å². The Kier molecular flexibility index (Phi) is 4.77. The van der Waals surface area contributed by atoms with Crippen molar-refractivity contribution >= 4 is 23.4 Å². The summed E-state index contributed by atoms with van der Waals surface area (Å²) >= 11 is 0. The van der Waals surface area contributed by atoms with Crippen molar-refractivity contribution in [1.29, 1.82) is 0 Å². The largest absolute Gasteiger partial charge is 0.399 e. The maximum absolute atomic E-state index is 12.2. The van der Waals surface area contributed by atoms with E-state index in [1.165, 1.54) is 5.56 Å². The zero-order valence-electron chi connectivity index (χ0n) is 12.4. The summed E-state index contributed by atoms with van der Waals surface area (Å²) in [6.07, 6.45) is 4.35. The van der Waals surface area contributed by atoms with Crippen molar-refractivity contribution in [2.24, 2.45) is 0 Å². The minimum absolute atomic E-state index is 0.0592. The van der Waals surface area contributed by atoms with Gasteiger partial charge in [-0.1, -0.05) is 31.2 Å². The van der Waals surface area contributed by atoms with Gasteiger partial charge in [0.15, 0.2) is 0 Å². The number of hydrogen-bond donors (Lipinski definition) is 1. The van der Waals surface area contributed by atoms with Crippen molar-refractivity contribution in [2.45, 2.75) is 13.3 Å². The van der Waals surface area contributed by atoms with E-state index in [2.05, 4.69) is 6.92 Å². The minimum Gasteiger partial charge on any atom is -0.399 e. The lowest BCUT2D eigenvalue weighted by Crippen LogP contribution is -2.23. The summed E-state index contributed by atoms with van der Waals surface area (Å²) in [5, 5.41) is 0. The van der Waals surface area contributed by atoms with Crippen molar-refractivity contribution in [1.82, 2.24) is 0 Å². The highest BCUT2D eigenvalue weighted by Crippen LogP contribution is 2.15. The van der Waals surface area contributed by atoms with Crippen LogP contribution < -0.4 is 10.6 Å². The highest BCUT2D eigenvalue weighted by Gasteiger charge is 2.07. The van der Waals surface area contributed by atoms with Gasteiger partial charge in [0.2, 0.25) is 0 Å². The molecule has 3 nitrogen and oxygen atoms in total. The fraction of sp³-hybridized carbons (Fsp3) is 0.167. The Balaban J connectivity index is 2.06. The van der Waals surface area contributed by atoms with Gasteiger partial charge in [0.25, 0.3) is 5.91 Å². The van der Waals surface area contributed by atoms with Gasteiger partial charge in [0.1, 0.15) is 0 Å². The van der Waals surface area contributed by atoms with E-state index in [-0.39, 0.29) is 5.91 Å². The smallest absolute Gasteiger partial charge is 0.250 e. The molecule has 0 aromatic heterocycles. The number of benzene rings is 2. The molecule has 0 radical (unpaired) electrons. The molecule has 2 aromatic carbocycles. The topological polar surface area (TPSA) is 46.3 Å². The van der Waals surface area contributed by atoms with Crippen molar-refractivity contribution in [3.63, 3.8) is 0 Å². The maximum atomic E-state index is 12.2. The SMILES string of the molecule is CCc1ccc(N(C)C(=O)/C=C/c2ccc(N)cc2)cc1. The Morgan fingerprint density at radius 1 is 1.10 bits per heavy atom. The molecule has 0 spiro atoms. The first kappa shape index (κ1) is 14.9. The molecule has 2 rings (SSSR count). The maximum Gasteiger partial charge on any atom is 0.250 e. The number of amides is 1. The van der Waals surface area contributed by atoms with Crippen LogP contribution in [0.2, 0.25) is 0 Å². The first-order valence-corrected chi connectivity index (χ1v) is 7.00. The molecule has 0 aliphatic heterocycles. The van der Waals surface area contributed by atoms with Gasteiger partial charge in [-0.05, 0) is 47.9 Å². The van der Waals surface area contributed by atoms with Gasteiger partial charge in [-0.15, -0.1) is 0 Å². The van der Waals surface area contributed by atoms with Crippen LogP contribution in [0.1, 0.15) is 18.1 Å². The lowest BCUT2D eigenvalue weighted by molar-refractivity contribution is -0.113. The second-order valence-corrected chi connectivity index (χ2v) is 4.92. The summed E-state index contributed by atoms with van der Waals surface area (Å²) in [4.78, 5) is 13.8. The first-order valence-electron chi connectivity index (χ1n) is 7.00. The number of carbonyl (C=O) groups is 1. The highest BCUT2D eigenvalue weighted by molar-refractivity contribution is 6.03. The normalized spacial score (nSPS) is 10.8. The fourth-order valence-corrected chi connectivity index (χ4v) is 1.97. The number of likely N-dealkylation sites (N-methyl/N-ethyl adjacent to an activating group) is 1. The van der Waals surface area contributed by atoms with Gasteiger partial charge in [0, 0.05) is 24.5 Å². The molecule has 0 aliphatic carbocycles. The summed E-state index contributed by atoms with van der Waals surface area (Å²) in [6, 6.07) is 15.4. The number of nitrogen functional groups attached to an aromatic ring is 1. The molecule has 0 unspecified atom stereocenters. The Morgan fingerprint density at radius 3 is 2.29 bits per heavy atom. The predicted molar refractivity (Wildman–Crippen MR) is 89.1 cm³/mol. The second-order valence-electron chi connectivity index (χ2n) is 4.92. The molecule has 0 saturated heterocycles. The third-order valence-electron chi connectivity index (χ3n) is 3.42. The summed E-state index contributed by atoms with van der Waals surface area (Å²) in [6.45, 7) is 2.11. The van der Waals surface area contributed by atoms with E-state index in [1.54, 1.807) is 24.1 Å². The van der Waals surface area contributed by atoms with Gasteiger partial charge in [-0.25, -0.2) is 0 Å². The standard InChI is InChI=1S/C18H20N2O/c1-3-14-6-11-17(12-7-14)20(2)18(21)13-8-15-4-9-16(19)10-5-15/h4-13H,3,19H2,1-2H3/b13-8+. The van der Waals surface area contributed by atoms with E-state index in [4.69, 9.17) is 5.73 Å². The third-order valence-corrected chi connectivity index (χ3v) is 3.42. The number of nitrogens with two attached hydrogens (primary N) is 1. The van der Waals surface area contributed by atoms with E-state index in [0.717, 1.165) is 17.7 Å². The second kappa shape index (κ2) is 6.75. The molecular formula is C18H20N2O. The Labute approximate surface area is 125 Å². The summed E-state index contributed by atoms with van der Waals surface area (Å²) in [5.41, 5.74) is 9.45. The van der Waals surface area contributed by atoms with Crippen LogP contribution in [0.3, 0.4) is 0 Å². The van der Waals surface area contributed by atoms with Crippen LogP contribution in [0.15, 0.2) is 54.6 Å². The molecule has 2 N–H and O–H groups in total. The van der Waals surface area contributed by atoms with Gasteiger partial charge in [0.05, 0.1) is 0 Å². The van der Waals surface area contributed by atoms with Crippen molar-refractivity contribution < 1.29 is 4.79 Å². The van der Waals surface area contributed by atoms with E-state index in [9.17, 15) is 4.79 Å². The lowest BCUT2D eigenvalue weighted by Gasteiger charge is -2.15. The third kappa shape index (κ3) is 3.96. The molecule has 0 aliphatic rings. The molecule has 0 bridgehead atoms. The average Bonchev–Trinajstić information content (AvgIpc) is 2.53. The van der Waals surface area contributed by atoms with Crippen LogP contribution in [0.5, 0.6) is 0 Å². The van der Waals surface area contributed by atoms with E-state index < -0.39 is 0 Å². The quantitative estimate of drug-likeness (QED) is 0.688. The minimum atomic E-state index is -0.0592. The summed E-state index contributed by atoms with van der Waals surface area (Å²) in [5.74, 6) is -0.0592. The van der Waals surface area contributed by atoms with E-state index in [1.807, 2.05) is 48.5 Å². The number of carbonyl (C=O) groups excluding carboxylic acids is 1. The van der Waals surface area contributed by atoms with Crippen LogP contribution in [0.4, 0.5) is 11.4 Å². The Morgan fingerprint density at radius 2 is 1.71 bits per heavy atom. The number of rotatable bonds is 4. The number of hydrogen-bond acceptors (Lipinski definition) is 2. The molecular weight excluding hydrogens is 260 g/mol. The van der Waals surface area contributed by atoms with Gasteiger partial charge in [-0.3, -0.25) is 4.79 Å². The van der Waals surface area contributed by atoms with Gasteiger partial charge >= 0.3 is 0 Å². The Hall–Kier alpha value is -2.55. The number of nitrogens with zero attached hydrogens (tertiary/aromatic N) is 1. The number of aryl methyl sites for hydroxylation is 1. The molecule has 1 amide bonds. The molecule has 108 valence electrons. The number of anilines is 2. The van der Waals surface area contributed by atoms with Crippen molar-refractivity contribution in [3.05, 3.63) is 65.7 Å². The first-order chi connectivity index (χ1) is 10.1. The molecule has 2 aromatic rings. The lowest BCUT2D eigenvalue weighted by atomic mass is 10.1. The summed E-state index contributed by atoms with van der Waals surface area (Å²) < 4.78 is 0.